The van der Waals surface area contributed by atoms with E-state index in [-0.39, 0.29) is 5.75 Å². The smallest absolute Gasteiger partial charge is 0.356 e. The number of imidazole rings is 1. The van der Waals surface area contributed by atoms with E-state index in [4.69, 9.17) is 11.6 Å². The molecule has 114 valence electrons. The highest BCUT2D eigenvalue weighted by atomic mass is 35.5. The lowest BCUT2D eigenvalue weighted by Crippen LogP contribution is -2.35. The van der Waals surface area contributed by atoms with Gasteiger partial charge in [-0.2, -0.15) is 0 Å². The SMILES string of the molecule is CCC[n+]1c(NCc2cc(Cl)ccc2[O-])[nH]c2ccccc21. The highest BCUT2D eigenvalue weighted by Crippen LogP contribution is 2.20. The van der Waals surface area contributed by atoms with Crippen LogP contribution >= 0.6 is 11.6 Å². The molecule has 0 atom stereocenters. The Morgan fingerprint density at radius 2 is 2.05 bits per heavy atom. The molecule has 3 aromatic rings. The second-order valence-corrected chi connectivity index (χ2v) is 5.68. The number of aryl methyl sites for hydroxylation is 1. The average molecular weight is 316 g/mol. The Morgan fingerprint density at radius 3 is 2.86 bits per heavy atom. The van der Waals surface area contributed by atoms with Gasteiger partial charge in [0.2, 0.25) is 0 Å². The van der Waals surface area contributed by atoms with E-state index in [0.717, 1.165) is 29.9 Å². The minimum absolute atomic E-state index is 0.00458. The lowest BCUT2D eigenvalue weighted by Gasteiger charge is -2.12. The average Bonchev–Trinajstić information content (AvgIpc) is 2.87. The number of para-hydroxylation sites is 2. The lowest BCUT2D eigenvalue weighted by molar-refractivity contribution is -0.657. The Labute approximate surface area is 134 Å². The fourth-order valence-electron chi connectivity index (χ4n) is 2.59. The molecule has 4 nitrogen and oxygen atoms in total. The van der Waals surface area contributed by atoms with Gasteiger partial charge in [0.1, 0.15) is 11.0 Å². The second kappa shape index (κ2) is 6.28. The van der Waals surface area contributed by atoms with Crippen LogP contribution in [0.4, 0.5) is 5.95 Å². The third kappa shape index (κ3) is 2.88. The zero-order valence-electron chi connectivity index (χ0n) is 12.4. The van der Waals surface area contributed by atoms with E-state index in [1.54, 1.807) is 12.1 Å². The zero-order chi connectivity index (χ0) is 15.5. The van der Waals surface area contributed by atoms with E-state index in [2.05, 4.69) is 27.9 Å². The molecule has 3 rings (SSSR count). The molecule has 0 fully saturated rings. The standard InChI is InChI=1S/C17H18ClN3O/c1-2-9-21-15-6-4-3-5-14(15)20-17(21)19-11-12-10-13(18)7-8-16(12)22/h3-8,10H,2,9,11H2,1H3,(H2,19,20,22). The number of halogens is 1. The summed E-state index contributed by atoms with van der Waals surface area (Å²) in [7, 11) is 0. The van der Waals surface area contributed by atoms with Gasteiger partial charge in [0.05, 0.1) is 13.1 Å². The first-order chi connectivity index (χ1) is 10.7. The zero-order valence-corrected chi connectivity index (χ0v) is 13.2. The van der Waals surface area contributed by atoms with Gasteiger partial charge in [0.25, 0.3) is 0 Å². The summed E-state index contributed by atoms with van der Waals surface area (Å²) in [5, 5.41) is 15.8. The van der Waals surface area contributed by atoms with Crippen LogP contribution in [0.15, 0.2) is 42.5 Å². The summed E-state index contributed by atoms with van der Waals surface area (Å²) >= 11 is 5.96. The predicted molar refractivity (Wildman–Crippen MR) is 87.0 cm³/mol. The molecule has 1 aromatic heterocycles. The Morgan fingerprint density at radius 1 is 1.23 bits per heavy atom. The highest BCUT2D eigenvalue weighted by Gasteiger charge is 2.16. The van der Waals surface area contributed by atoms with Crippen LogP contribution in [0, 0.1) is 0 Å². The normalized spacial score (nSPS) is 11.0. The molecule has 0 amide bonds. The quantitative estimate of drug-likeness (QED) is 0.710. The molecule has 22 heavy (non-hydrogen) atoms. The summed E-state index contributed by atoms with van der Waals surface area (Å²) in [4.78, 5) is 3.37. The Balaban J connectivity index is 1.90. The number of aromatic amines is 1. The molecule has 0 saturated heterocycles. The number of hydrogen-bond acceptors (Lipinski definition) is 2. The Hall–Kier alpha value is -2.20. The van der Waals surface area contributed by atoms with Crippen molar-refractivity contribution in [3.63, 3.8) is 0 Å². The van der Waals surface area contributed by atoms with Gasteiger partial charge < -0.3 is 5.11 Å². The van der Waals surface area contributed by atoms with Crippen LogP contribution in [0.3, 0.4) is 0 Å². The summed E-state index contributed by atoms with van der Waals surface area (Å²) in [6.07, 6.45) is 1.03. The second-order valence-electron chi connectivity index (χ2n) is 5.25. The van der Waals surface area contributed by atoms with Gasteiger partial charge in [-0.3, -0.25) is 5.32 Å². The van der Waals surface area contributed by atoms with Crippen molar-refractivity contribution < 1.29 is 9.67 Å². The number of anilines is 1. The van der Waals surface area contributed by atoms with Crippen LogP contribution < -0.4 is 15.0 Å². The van der Waals surface area contributed by atoms with Crippen LogP contribution in [-0.2, 0) is 13.1 Å². The lowest BCUT2D eigenvalue weighted by atomic mass is 10.2. The number of benzene rings is 2. The Bertz CT molecular complexity index is 798. The molecule has 1 heterocycles. The van der Waals surface area contributed by atoms with Gasteiger partial charge in [-0.15, -0.1) is 5.75 Å². The van der Waals surface area contributed by atoms with Crippen molar-refractivity contribution in [2.75, 3.05) is 5.32 Å². The first kappa shape index (κ1) is 14.7. The fourth-order valence-corrected chi connectivity index (χ4v) is 2.79. The summed E-state index contributed by atoms with van der Waals surface area (Å²) in [6.45, 7) is 3.49. The van der Waals surface area contributed by atoms with Crippen LogP contribution in [0.1, 0.15) is 18.9 Å². The largest absolute Gasteiger partial charge is 0.872 e. The maximum absolute atomic E-state index is 11.9. The first-order valence-electron chi connectivity index (χ1n) is 7.39. The Kier molecular flexibility index (Phi) is 4.20. The van der Waals surface area contributed by atoms with Crippen molar-refractivity contribution >= 4 is 28.6 Å². The van der Waals surface area contributed by atoms with E-state index >= 15 is 0 Å². The number of H-pyrrole nitrogens is 1. The molecule has 2 N–H and O–H groups in total. The number of hydrogen-bond donors (Lipinski definition) is 2. The van der Waals surface area contributed by atoms with Crippen molar-refractivity contribution in [1.82, 2.24) is 4.98 Å². The summed E-state index contributed by atoms with van der Waals surface area (Å²) in [5.74, 6) is 0.900. The summed E-state index contributed by atoms with van der Waals surface area (Å²) in [5.41, 5.74) is 2.89. The minimum Gasteiger partial charge on any atom is -0.872 e. The number of rotatable bonds is 5. The van der Waals surface area contributed by atoms with Gasteiger partial charge in [-0.25, -0.2) is 9.55 Å². The van der Waals surface area contributed by atoms with E-state index in [9.17, 15) is 5.11 Å². The number of nitrogens with zero attached hydrogens (tertiary/aromatic N) is 1. The van der Waals surface area contributed by atoms with Crippen molar-refractivity contribution in [2.45, 2.75) is 26.4 Å². The molecule has 0 aliphatic carbocycles. The maximum atomic E-state index is 11.9. The molecule has 0 bridgehead atoms. The molecular weight excluding hydrogens is 298 g/mol. The van der Waals surface area contributed by atoms with E-state index in [1.807, 2.05) is 18.2 Å². The third-order valence-corrected chi connectivity index (χ3v) is 3.87. The van der Waals surface area contributed by atoms with Crippen LogP contribution in [0.2, 0.25) is 5.02 Å². The monoisotopic (exact) mass is 315 g/mol. The minimum atomic E-state index is -0.00458. The van der Waals surface area contributed by atoms with Crippen LogP contribution in [-0.4, -0.2) is 4.98 Å². The molecule has 0 radical (unpaired) electrons. The van der Waals surface area contributed by atoms with Crippen molar-refractivity contribution in [3.05, 3.63) is 53.1 Å². The summed E-state index contributed by atoms with van der Waals surface area (Å²) in [6, 6.07) is 13.0. The fraction of sp³-hybridized carbons (Fsp3) is 0.235. The first-order valence-corrected chi connectivity index (χ1v) is 7.76. The topological polar surface area (TPSA) is 54.8 Å². The van der Waals surface area contributed by atoms with Gasteiger partial charge in [-0.1, -0.05) is 36.7 Å². The third-order valence-electron chi connectivity index (χ3n) is 3.63. The van der Waals surface area contributed by atoms with E-state index in [0.29, 0.717) is 17.1 Å². The predicted octanol–water partition coefficient (Wildman–Crippen LogP) is 3.20. The summed E-state index contributed by atoms with van der Waals surface area (Å²) < 4.78 is 2.20. The number of nitrogens with one attached hydrogen (secondary N) is 2. The van der Waals surface area contributed by atoms with Gasteiger partial charge in [0.15, 0.2) is 0 Å². The van der Waals surface area contributed by atoms with E-state index in [1.165, 1.54) is 6.07 Å². The van der Waals surface area contributed by atoms with Crippen molar-refractivity contribution in [1.29, 1.82) is 0 Å². The molecular formula is C17H18ClN3O. The molecule has 5 heteroatoms. The molecule has 2 aromatic carbocycles. The van der Waals surface area contributed by atoms with Gasteiger partial charge >= 0.3 is 5.95 Å². The van der Waals surface area contributed by atoms with E-state index < -0.39 is 0 Å². The van der Waals surface area contributed by atoms with Gasteiger partial charge in [0, 0.05) is 5.02 Å². The van der Waals surface area contributed by atoms with Gasteiger partial charge in [-0.05, 0) is 36.2 Å². The highest BCUT2D eigenvalue weighted by molar-refractivity contribution is 6.30. The molecule has 0 aliphatic heterocycles. The van der Waals surface area contributed by atoms with Crippen LogP contribution in [0.5, 0.6) is 5.75 Å². The number of fused-ring (bicyclic) bond motifs is 1. The van der Waals surface area contributed by atoms with Crippen molar-refractivity contribution in [2.24, 2.45) is 0 Å². The van der Waals surface area contributed by atoms with Crippen LogP contribution in [0.25, 0.3) is 11.0 Å². The molecule has 0 aliphatic rings. The molecule has 0 unspecified atom stereocenters. The maximum Gasteiger partial charge on any atom is 0.356 e. The molecule has 0 saturated carbocycles. The number of aromatic nitrogens is 2. The van der Waals surface area contributed by atoms with Crippen molar-refractivity contribution in [3.8, 4) is 5.75 Å². The molecule has 0 spiro atoms.